The molecule has 0 bridgehead atoms. The summed E-state index contributed by atoms with van der Waals surface area (Å²) in [6, 6.07) is 8.11. The van der Waals surface area contributed by atoms with Gasteiger partial charge in [-0.05, 0) is 48.2 Å². The molecule has 2 atom stereocenters. The fraction of sp³-hybridized carbons (Fsp3) is 0.381. The molecule has 1 amide bonds. The molecule has 2 fully saturated rings. The van der Waals surface area contributed by atoms with Gasteiger partial charge in [0, 0.05) is 37.1 Å². The van der Waals surface area contributed by atoms with Crippen LogP contribution in [0.4, 0.5) is 17.6 Å². The van der Waals surface area contributed by atoms with E-state index in [1.54, 1.807) is 4.90 Å². The van der Waals surface area contributed by atoms with E-state index in [9.17, 15) is 30.8 Å². The van der Waals surface area contributed by atoms with Crippen LogP contribution in [0.2, 0.25) is 5.02 Å². The van der Waals surface area contributed by atoms with Crippen molar-refractivity contribution in [3.63, 3.8) is 0 Å². The van der Waals surface area contributed by atoms with Gasteiger partial charge in [-0.1, -0.05) is 23.7 Å². The van der Waals surface area contributed by atoms with Crippen LogP contribution in [-0.2, 0) is 21.0 Å². The second-order valence-electron chi connectivity index (χ2n) is 7.87. The van der Waals surface area contributed by atoms with Crippen molar-refractivity contribution in [1.29, 1.82) is 0 Å². The standard InChI is InChI=1S/C21H19ClF4N2O3S/c22-15-5-6-18(23)19(11-15)32(30,31)28-9-7-27(8-10-28)20(29)17-12-16(17)13-1-3-14(4-2-13)21(24,25)26/h1-6,11,16-17H,7-10,12H2/t16?,17-/m0/s1. The largest absolute Gasteiger partial charge is 0.416 e. The van der Waals surface area contributed by atoms with Crippen LogP contribution in [0.1, 0.15) is 23.5 Å². The molecule has 172 valence electrons. The zero-order chi connectivity index (χ0) is 23.3. The first-order chi connectivity index (χ1) is 15.0. The van der Waals surface area contributed by atoms with Crippen molar-refractivity contribution in [2.45, 2.75) is 23.4 Å². The van der Waals surface area contributed by atoms with Gasteiger partial charge in [0.15, 0.2) is 0 Å². The molecule has 1 saturated heterocycles. The highest BCUT2D eigenvalue weighted by Crippen LogP contribution is 2.49. The molecule has 1 aliphatic heterocycles. The fourth-order valence-electron chi connectivity index (χ4n) is 3.95. The molecule has 11 heteroatoms. The molecule has 0 aromatic heterocycles. The number of carbonyl (C=O) groups excluding carboxylic acids is 1. The maximum absolute atomic E-state index is 14.0. The smallest absolute Gasteiger partial charge is 0.340 e. The third-order valence-electron chi connectivity index (χ3n) is 5.84. The summed E-state index contributed by atoms with van der Waals surface area (Å²) in [5.41, 5.74) is -0.0627. The summed E-state index contributed by atoms with van der Waals surface area (Å²) in [6.45, 7) is 0.322. The molecule has 32 heavy (non-hydrogen) atoms. The predicted molar refractivity (Wildman–Crippen MR) is 109 cm³/mol. The van der Waals surface area contributed by atoms with Crippen LogP contribution in [0, 0.1) is 11.7 Å². The molecular weight excluding hydrogens is 472 g/mol. The highest BCUT2D eigenvalue weighted by atomic mass is 35.5. The van der Waals surface area contributed by atoms with Gasteiger partial charge < -0.3 is 4.90 Å². The number of amides is 1. The Kier molecular flexibility index (Phi) is 5.98. The van der Waals surface area contributed by atoms with Crippen LogP contribution < -0.4 is 0 Å². The van der Waals surface area contributed by atoms with E-state index in [-0.39, 0.29) is 48.9 Å². The van der Waals surface area contributed by atoms with Crippen LogP contribution in [0.5, 0.6) is 0 Å². The van der Waals surface area contributed by atoms with E-state index >= 15 is 0 Å². The lowest BCUT2D eigenvalue weighted by atomic mass is 10.1. The van der Waals surface area contributed by atoms with Crippen molar-refractivity contribution in [2.75, 3.05) is 26.2 Å². The van der Waals surface area contributed by atoms with Crippen molar-refractivity contribution >= 4 is 27.5 Å². The Morgan fingerprint density at radius 3 is 2.22 bits per heavy atom. The first-order valence-electron chi connectivity index (χ1n) is 9.89. The van der Waals surface area contributed by atoms with Crippen LogP contribution in [-0.4, -0.2) is 49.7 Å². The molecule has 0 N–H and O–H groups in total. The Labute approximate surface area is 187 Å². The lowest BCUT2D eigenvalue weighted by Crippen LogP contribution is -2.51. The maximum Gasteiger partial charge on any atom is 0.416 e. The van der Waals surface area contributed by atoms with Crippen LogP contribution >= 0.6 is 11.6 Å². The number of rotatable bonds is 4. The lowest BCUT2D eigenvalue weighted by molar-refractivity contribution is -0.137. The number of alkyl halides is 3. The number of piperazine rings is 1. The minimum Gasteiger partial charge on any atom is -0.340 e. The zero-order valence-corrected chi connectivity index (χ0v) is 18.2. The average Bonchev–Trinajstić information content (AvgIpc) is 3.55. The number of carbonyl (C=O) groups is 1. The first kappa shape index (κ1) is 23.0. The molecule has 2 aliphatic rings. The maximum atomic E-state index is 14.0. The molecule has 5 nitrogen and oxygen atoms in total. The highest BCUT2D eigenvalue weighted by molar-refractivity contribution is 7.89. The number of hydrogen-bond donors (Lipinski definition) is 0. The molecule has 1 heterocycles. The summed E-state index contributed by atoms with van der Waals surface area (Å²) in [7, 11) is -4.09. The molecular formula is C21H19ClF4N2O3S. The van der Waals surface area contributed by atoms with E-state index in [0.29, 0.717) is 12.0 Å². The van der Waals surface area contributed by atoms with E-state index in [1.807, 2.05) is 0 Å². The Hall–Kier alpha value is -2.17. The van der Waals surface area contributed by atoms with Gasteiger partial charge in [-0.2, -0.15) is 17.5 Å². The summed E-state index contributed by atoms with van der Waals surface area (Å²) in [6.07, 6.45) is -3.87. The van der Waals surface area contributed by atoms with Crippen molar-refractivity contribution in [2.24, 2.45) is 5.92 Å². The zero-order valence-electron chi connectivity index (χ0n) is 16.6. The Balaban J connectivity index is 1.37. The Morgan fingerprint density at radius 2 is 1.62 bits per heavy atom. The number of hydrogen-bond acceptors (Lipinski definition) is 3. The normalized spacial score (nSPS) is 22.1. The predicted octanol–water partition coefficient (Wildman–Crippen LogP) is 4.13. The van der Waals surface area contributed by atoms with E-state index in [4.69, 9.17) is 11.6 Å². The minimum atomic E-state index is -4.41. The van der Waals surface area contributed by atoms with Gasteiger partial charge in [-0.15, -0.1) is 0 Å². The highest BCUT2D eigenvalue weighted by Gasteiger charge is 2.46. The first-order valence-corrected chi connectivity index (χ1v) is 11.7. The monoisotopic (exact) mass is 490 g/mol. The van der Waals surface area contributed by atoms with Gasteiger partial charge in [0.05, 0.1) is 5.56 Å². The number of benzene rings is 2. The third kappa shape index (κ3) is 4.49. The minimum absolute atomic E-state index is 0.0116. The van der Waals surface area contributed by atoms with E-state index in [1.165, 1.54) is 18.2 Å². The second kappa shape index (κ2) is 8.31. The van der Waals surface area contributed by atoms with E-state index in [2.05, 4.69) is 0 Å². The quantitative estimate of drug-likeness (QED) is 0.605. The van der Waals surface area contributed by atoms with Gasteiger partial charge in [0.25, 0.3) is 0 Å². The van der Waals surface area contributed by atoms with Crippen molar-refractivity contribution < 1.29 is 30.8 Å². The van der Waals surface area contributed by atoms with Gasteiger partial charge in [-0.25, -0.2) is 12.8 Å². The van der Waals surface area contributed by atoms with Crippen molar-refractivity contribution in [3.05, 3.63) is 64.4 Å². The molecule has 4 rings (SSSR count). The third-order valence-corrected chi connectivity index (χ3v) is 7.98. The van der Waals surface area contributed by atoms with Gasteiger partial charge in [-0.3, -0.25) is 4.79 Å². The summed E-state index contributed by atoms with van der Waals surface area (Å²) in [5, 5.41) is 0.0989. The summed E-state index contributed by atoms with van der Waals surface area (Å²) < 4.78 is 78.8. The second-order valence-corrected chi connectivity index (χ2v) is 10.2. The fourth-order valence-corrected chi connectivity index (χ4v) is 5.70. The SMILES string of the molecule is O=C([C@H]1CC1c1ccc(C(F)(F)F)cc1)N1CCN(S(=O)(=O)c2cc(Cl)ccc2F)CC1. The Morgan fingerprint density at radius 1 is 1.00 bits per heavy atom. The lowest BCUT2D eigenvalue weighted by Gasteiger charge is -2.34. The van der Waals surface area contributed by atoms with Crippen LogP contribution in [0.25, 0.3) is 0 Å². The topological polar surface area (TPSA) is 57.7 Å². The molecule has 2 aromatic rings. The van der Waals surface area contributed by atoms with Gasteiger partial charge in [0.2, 0.25) is 15.9 Å². The summed E-state index contributed by atoms with van der Waals surface area (Å²) in [5.74, 6) is -1.53. The van der Waals surface area contributed by atoms with Gasteiger partial charge in [0.1, 0.15) is 10.7 Å². The number of sulfonamides is 1. The Bertz CT molecular complexity index is 1130. The van der Waals surface area contributed by atoms with E-state index < -0.39 is 32.5 Å². The molecule has 1 saturated carbocycles. The number of nitrogens with zero attached hydrogens (tertiary/aromatic N) is 2. The molecule has 1 unspecified atom stereocenters. The average molecular weight is 491 g/mol. The van der Waals surface area contributed by atoms with Crippen LogP contribution in [0.3, 0.4) is 0 Å². The molecule has 0 spiro atoms. The van der Waals surface area contributed by atoms with Crippen molar-refractivity contribution in [1.82, 2.24) is 9.21 Å². The molecule has 1 aliphatic carbocycles. The molecule has 2 aromatic carbocycles. The van der Waals surface area contributed by atoms with Crippen molar-refractivity contribution in [3.8, 4) is 0 Å². The summed E-state index contributed by atoms with van der Waals surface area (Å²) >= 11 is 5.81. The van der Waals surface area contributed by atoms with Gasteiger partial charge >= 0.3 is 6.18 Å². The van der Waals surface area contributed by atoms with Crippen LogP contribution in [0.15, 0.2) is 47.4 Å². The summed E-state index contributed by atoms with van der Waals surface area (Å²) in [4.78, 5) is 13.8. The van der Waals surface area contributed by atoms with E-state index in [0.717, 1.165) is 28.6 Å². The number of halogens is 5. The molecule has 0 radical (unpaired) electrons.